The zero-order valence-electron chi connectivity index (χ0n) is 12.4. The van der Waals surface area contributed by atoms with Gasteiger partial charge in [0, 0.05) is 13.1 Å². The van der Waals surface area contributed by atoms with Crippen LogP contribution in [0.3, 0.4) is 0 Å². The van der Waals surface area contributed by atoms with Crippen LogP contribution in [0.5, 0.6) is 11.6 Å². The molecule has 1 aromatic carbocycles. The smallest absolute Gasteiger partial charge is 0.328 e. The largest absolute Gasteiger partial charge is 0.493 e. The van der Waals surface area contributed by atoms with Crippen molar-refractivity contribution in [2.45, 2.75) is 31.9 Å². The molecule has 0 radical (unpaired) electrons. The van der Waals surface area contributed by atoms with Crippen LogP contribution >= 0.6 is 0 Å². The Morgan fingerprint density at radius 1 is 1.41 bits per heavy atom. The van der Waals surface area contributed by atoms with Gasteiger partial charge in [0.25, 0.3) is 0 Å². The second-order valence-electron chi connectivity index (χ2n) is 5.55. The Bertz CT molecular complexity index is 677. The van der Waals surface area contributed by atoms with Crippen molar-refractivity contribution in [2.75, 3.05) is 13.1 Å². The van der Waals surface area contributed by atoms with E-state index in [1.54, 1.807) is 0 Å². The Morgan fingerprint density at radius 3 is 3.09 bits per heavy atom. The molecule has 0 saturated heterocycles. The van der Waals surface area contributed by atoms with Crippen molar-refractivity contribution >= 4 is 0 Å². The fourth-order valence-electron chi connectivity index (χ4n) is 2.75. The van der Waals surface area contributed by atoms with Gasteiger partial charge in [-0.3, -0.25) is 4.57 Å². The highest BCUT2D eigenvalue weighted by Crippen LogP contribution is 2.26. The molecular weight excluding hydrogens is 282 g/mol. The number of aromatic hydroxyl groups is 1. The molecule has 2 heterocycles. The first kappa shape index (κ1) is 14.7. The third kappa shape index (κ3) is 3.33. The van der Waals surface area contributed by atoms with Gasteiger partial charge >= 0.3 is 5.69 Å². The Balaban J connectivity index is 1.39. The predicted molar refractivity (Wildman–Crippen MR) is 83.4 cm³/mol. The summed E-state index contributed by atoms with van der Waals surface area (Å²) in [6, 6.07) is 8.16. The molecule has 0 saturated carbocycles. The molecule has 3 rings (SSSR count). The van der Waals surface area contributed by atoms with Crippen LogP contribution in [0.4, 0.5) is 0 Å². The standard InChI is InChI=1S/C16H21N3O3/c20-15-11-18-16(21)19(15)9-3-8-17-10-13-7-6-12-4-1-2-5-14(12)22-13/h1-2,4-5,11,13,17,20H,3,6-10H2,(H,18,21). The first-order valence-electron chi connectivity index (χ1n) is 7.66. The molecule has 3 N–H and O–H groups in total. The molecule has 0 spiro atoms. The molecule has 2 aromatic rings. The molecule has 0 aliphatic carbocycles. The van der Waals surface area contributed by atoms with Gasteiger partial charge in [-0.15, -0.1) is 0 Å². The van der Waals surface area contributed by atoms with E-state index in [9.17, 15) is 9.90 Å². The van der Waals surface area contributed by atoms with E-state index in [1.807, 2.05) is 18.2 Å². The second kappa shape index (κ2) is 6.70. The minimum Gasteiger partial charge on any atom is -0.493 e. The lowest BCUT2D eigenvalue weighted by atomic mass is 10.0. The average molecular weight is 303 g/mol. The van der Waals surface area contributed by atoms with Gasteiger partial charge in [-0.25, -0.2) is 4.79 Å². The van der Waals surface area contributed by atoms with Gasteiger partial charge in [-0.2, -0.15) is 0 Å². The summed E-state index contributed by atoms with van der Waals surface area (Å²) in [5.74, 6) is 0.974. The number of nitrogens with one attached hydrogen (secondary N) is 2. The summed E-state index contributed by atoms with van der Waals surface area (Å²) in [4.78, 5) is 13.8. The molecule has 0 amide bonds. The molecule has 1 atom stereocenters. The van der Waals surface area contributed by atoms with E-state index < -0.39 is 0 Å². The number of benzene rings is 1. The Hall–Kier alpha value is -2.21. The highest BCUT2D eigenvalue weighted by Gasteiger charge is 2.18. The van der Waals surface area contributed by atoms with Crippen LogP contribution in [0, 0.1) is 0 Å². The maximum absolute atomic E-state index is 11.4. The Morgan fingerprint density at radius 2 is 2.27 bits per heavy atom. The predicted octanol–water partition coefficient (Wildman–Crippen LogP) is 1.26. The number of aromatic amines is 1. The summed E-state index contributed by atoms with van der Waals surface area (Å²) in [7, 11) is 0. The zero-order valence-corrected chi connectivity index (χ0v) is 12.4. The van der Waals surface area contributed by atoms with Crippen molar-refractivity contribution in [1.29, 1.82) is 0 Å². The van der Waals surface area contributed by atoms with E-state index in [-0.39, 0.29) is 17.7 Å². The van der Waals surface area contributed by atoms with Crippen LogP contribution in [0.1, 0.15) is 18.4 Å². The van der Waals surface area contributed by atoms with Crippen LogP contribution in [0.2, 0.25) is 0 Å². The SMILES string of the molecule is O=c1[nH]cc(O)n1CCCNCC1CCc2ccccc2O1. The van der Waals surface area contributed by atoms with Crippen LogP contribution in [-0.2, 0) is 13.0 Å². The van der Waals surface area contributed by atoms with Crippen molar-refractivity contribution < 1.29 is 9.84 Å². The van der Waals surface area contributed by atoms with Crippen LogP contribution in [0.25, 0.3) is 0 Å². The van der Waals surface area contributed by atoms with Crippen molar-refractivity contribution in [1.82, 2.24) is 14.9 Å². The molecule has 1 aliphatic rings. The van der Waals surface area contributed by atoms with Gasteiger partial charge in [-0.05, 0) is 37.4 Å². The van der Waals surface area contributed by atoms with E-state index in [2.05, 4.69) is 16.4 Å². The Labute approximate surface area is 128 Å². The first-order chi connectivity index (χ1) is 10.7. The van der Waals surface area contributed by atoms with Crippen LogP contribution < -0.4 is 15.7 Å². The fraction of sp³-hybridized carbons (Fsp3) is 0.438. The van der Waals surface area contributed by atoms with Crippen molar-refractivity contribution in [2.24, 2.45) is 0 Å². The normalized spacial score (nSPS) is 17.0. The van der Waals surface area contributed by atoms with Gasteiger partial charge < -0.3 is 20.1 Å². The van der Waals surface area contributed by atoms with Gasteiger partial charge in [0.05, 0.1) is 6.20 Å². The third-order valence-electron chi connectivity index (χ3n) is 3.96. The zero-order chi connectivity index (χ0) is 15.4. The average Bonchev–Trinajstić information content (AvgIpc) is 2.86. The summed E-state index contributed by atoms with van der Waals surface area (Å²) in [6.07, 6.45) is 4.34. The highest BCUT2D eigenvalue weighted by molar-refractivity contribution is 5.35. The van der Waals surface area contributed by atoms with Crippen molar-refractivity contribution in [3.8, 4) is 11.6 Å². The monoisotopic (exact) mass is 303 g/mol. The molecule has 1 unspecified atom stereocenters. The lowest BCUT2D eigenvalue weighted by Gasteiger charge is -2.26. The highest BCUT2D eigenvalue weighted by atomic mass is 16.5. The molecular formula is C16H21N3O3. The summed E-state index contributed by atoms with van der Waals surface area (Å²) >= 11 is 0. The lowest BCUT2D eigenvalue weighted by molar-refractivity contribution is 0.170. The third-order valence-corrected chi connectivity index (χ3v) is 3.96. The first-order valence-corrected chi connectivity index (χ1v) is 7.66. The number of aromatic nitrogens is 2. The second-order valence-corrected chi connectivity index (χ2v) is 5.55. The van der Waals surface area contributed by atoms with Crippen molar-refractivity contribution in [3.63, 3.8) is 0 Å². The molecule has 0 fully saturated rings. The number of hydrogen-bond donors (Lipinski definition) is 3. The maximum Gasteiger partial charge on any atom is 0.328 e. The number of H-pyrrole nitrogens is 1. The van der Waals surface area contributed by atoms with Crippen molar-refractivity contribution in [3.05, 3.63) is 46.5 Å². The van der Waals surface area contributed by atoms with E-state index >= 15 is 0 Å². The topological polar surface area (TPSA) is 79.3 Å². The minimum absolute atomic E-state index is 0.0165. The van der Waals surface area contributed by atoms with Gasteiger partial charge in [0.15, 0.2) is 0 Å². The van der Waals surface area contributed by atoms with Crippen LogP contribution in [-0.4, -0.2) is 33.9 Å². The molecule has 0 bridgehead atoms. The van der Waals surface area contributed by atoms with E-state index in [0.29, 0.717) is 6.54 Å². The minimum atomic E-state index is -0.273. The number of hydrogen-bond acceptors (Lipinski definition) is 4. The fourth-order valence-corrected chi connectivity index (χ4v) is 2.75. The Kier molecular flexibility index (Phi) is 4.48. The number of imidazole rings is 1. The number of rotatable bonds is 6. The van der Waals surface area contributed by atoms with E-state index in [4.69, 9.17) is 4.74 Å². The lowest BCUT2D eigenvalue weighted by Crippen LogP contribution is -2.35. The van der Waals surface area contributed by atoms with Gasteiger partial charge in [-0.1, -0.05) is 18.2 Å². The summed E-state index contributed by atoms with van der Waals surface area (Å²) in [5, 5.41) is 12.8. The molecule has 118 valence electrons. The molecule has 6 nitrogen and oxygen atoms in total. The number of para-hydroxylation sites is 1. The van der Waals surface area contributed by atoms with E-state index in [0.717, 1.165) is 38.1 Å². The number of aryl methyl sites for hydroxylation is 1. The quantitative estimate of drug-likeness (QED) is 0.702. The summed E-state index contributed by atoms with van der Waals surface area (Å²) in [6.45, 7) is 2.07. The molecule has 1 aliphatic heterocycles. The maximum atomic E-state index is 11.4. The number of nitrogens with zero attached hydrogens (tertiary/aromatic N) is 1. The van der Waals surface area contributed by atoms with E-state index in [1.165, 1.54) is 16.3 Å². The van der Waals surface area contributed by atoms with Gasteiger partial charge in [0.1, 0.15) is 11.9 Å². The molecule has 22 heavy (non-hydrogen) atoms. The molecule has 6 heteroatoms. The van der Waals surface area contributed by atoms with Gasteiger partial charge in [0.2, 0.25) is 5.88 Å². The number of fused-ring (bicyclic) bond motifs is 1. The number of ether oxygens (including phenoxy) is 1. The van der Waals surface area contributed by atoms with Crippen LogP contribution in [0.15, 0.2) is 35.3 Å². The molecule has 1 aromatic heterocycles. The summed E-state index contributed by atoms with van der Waals surface area (Å²) in [5.41, 5.74) is 1.01. The summed E-state index contributed by atoms with van der Waals surface area (Å²) < 4.78 is 7.29.